The summed E-state index contributed by atoms with van der Waals surface area (Å²) in [5, 5.41) is 9.27. The van der Waals surface area contributed by atoms with Crippen LogP contribution in [0.2, 0.25) is 0 Å². The fourth-order valence-electron chi connectivity index (χ4n) is 1.57. The summed E-state index contributed by atoms with van der Waals surface area (Å²) in [6.07, 6.45) is 0. The van der Waals surface area contributed by atoms with Crippen molar-refractivity contribution in [1.82, 2.24) is 0 Å². The van der Waals surface area contributed by atoms with E-state index in [1.807, 2.05) is 12.1 Å². The predicted molar refractivity (Wildman–Crippen MR) is 81.9 cm³/mol. The fraction of sp³-hybridized carbons (Fsp3) is 0.0667. The average molecular weight is 382 g/mol. The number of rotatable bonds is 4. The Balaban J connectivity index is 1.96. The van der Waals surface area contributed by atoms with Crippen LogP contribution in [-0.4, -0.2) is 23.5 Å². The summed E-state index contributed by atoms with van der Waals surface area (Å²) < 4.78 is 5.95. The van der Waals surface area contributed by atoms with Crippen molar-refractivity contribution in [2.24, 2.45) is 0 Å². The normalized spacial score (nSPS) is 10.1. The number of aromatic hydroxyl groups is 1. The van der Waals surface area contributed by atoms with Crippen LogP contribution in [0.4, 0.5) is 0 Å². The lowest BCUT2D eigenvalue weighted by molar-refractivity contribution is 0.0474. The molecule has 2 aromatic carbocycles. The number of ketones is 1. The van der Waals surface area contributed by atoms with Crippen LogP contribution in [-0.2, 0) is 4.74 Å². The molecule has 2 rings (SSSR count). The van der Waals surface area contributed by atoms with E-state index in [9.17, 15) is 14.7 Å². The summed E-state index contributed by atoms with van der Waals surface area (Å²) in [4.78, 5) is 23.5. The number of halogens is 1. The van der Waals surface area contributed by atoms with Crippen molar-refractivity contribution in [3.8, 4) is 5.75 Å². The van der Waals surface area contributed by atoms with Crippen LogP contribution in [0.5, 0.6) is 5.75 Å². The topological polar surface area (TPSA) is 63.6 Å². The average Bonchev–Trinajstić information content (AvgIpc) is 2.45. The van der Waals surface area contributed by atoms with Crippen molar-refractivity contribution >= 4 is 34.3 Å². The molecule has 4 nitrogen and oxygen atoms in total. The van der Waals surface area contributed by atoms with E-state index < -0.39 is 5.97 Å². The van der Waals surface area contributed by atoms with E-state index in [2.05, 4.69) is 22.6 Å². The molecule has 5 heteroatoms. The van der Waals surface area contributed by atoms with E-state index in [1.54, 1.807) is 12.1 Å². The van der Waals surface area contributed by atoms with Gasteiger partial charge in [0, 0.05) is 9.13 Å². The zero-order valence-corrected chi connectivity index (χ0v) is 12.5. The van der Waals surface area contributed by atoms with Gasteiger partial charge in [0.1, 0.15) is 5.75 Å². The maximum atomic E-state index is 11.8. The van der Waals surface area contributed by atoms with E-state index in [0.717, 1.165) is 3.57 Å². The quantitative estimate of drug-likeness (QED) is 0.502. The molecular formula is C15H11IO4. The number of benzene rings is 2. The van der Waals surface area contributed by atoms with Gasteiger partial charge in [-0.05, 0) is 52.9 Å². The number of phenolic OH excluding ortho intramolecular Hbond substituents is 1. The Labute approximate surface area is 129 Å². The van der Waals surface area contributed by atoms with E-state index in [1.165, 1.54) is 24.3 Å². The highest BCUT2D eigenvalue weighted by atomic mass is 127. The molecule has 0 aliphatic heterocycles. The van der Waals surface area contributed by atoms with Gasteiger partial charge < -0.3 is 9.84 Å². The maximum Gasteiger partial charge on any atom is 0.338 e. The van der Waals surface area contributed by atoms with Gasteiger partial charge in [0.15, 0.2) is 12.4 Å². The number of carbonyl (C=O) groups excluding carboxylic acids is 2. The molecule has 2 aromatic rings. The Hall–Kier alpha value is -1.89. The van der Waals surface area contributed by atoms with Crippen LogP contribution in [0.3, 0.4) is 0 Å². The third-order valence-electron chi connectivity index (χ3n) is 2.58. The highest BCUT2D eigenvalue weighted by Crippen LogP contribution is 2.12. The lowest BCUT2D eigenvalue weighted by Gasteiger charge is -2.05. The van der Waals surface area contributed by atoms with Crippen molar-refractivity contribution < 1.29 is 19.4 Å². The summed E-state index contributed by atoms with van der Waals surface area (Å²) in [5.74, 6) is -0.932. The molecule has 0 atom stereocenters. The van der Waals surface area contributed by atoms with Crippen LogP contribution < -0.4 is 0 Å². The van der Waals surface area contributed by atoms with Crippen LogP contribution in [0.25, 0.3) is 0 Å². The Morgan fingerprint density at radius 2 is 1.75 bits per heavy atom. The number of phenols is 1. The monoisotopic (exact) mass is 382 g/mol. The Bertz CT molecular complexity index is 635. The summed E-state index contributed by atoms with van der Waals surface area (Å²) >= 11 is 2.14. The molecule has 0 aliphatic carbocycles. The maximum absolute atomic E-state index is 11.8. The minimum absolute atomic E-state index is 0.0246. The van der Waals surface area contributed by atoms with Gasteiger partial charge in [-0.25, -0.2) is 4.79 Å². The Kier molecular flexibility index (Phi) is 4.73. The van der Waals surface area contributed by atoms with E-state index >= 15 is 0 Å². The van der Waals surface area contributed by atoms with Gasteiger partial charge >= 0.3 is 5.97 Å². The molecule has 0 saturated heterocycles. The molecule has 0 saturated carbocycles. The molecule has 0 unspecified atom stereocenters. The van der Waals surface area contributed by atoms with Crippen LogP contribution >= 0.6 is 22.6 Å². The van der Waals surface area contributed by atoms with E-state index in [-0.39, 0.29) is 23.7 Å². The van der Waals surface area contributed by atoms with Crippen molar-refractivity contribution in [1.29, 1.82) is 0 Å². The van der Waals surface area contributed by atoms with E-state index in [4.69, 9.17) is 4.74 Å². The highest BCUT2D eigenvalue weighted by Gasteiger charge is 2.12. The number of hydrogen-bond acceptors (Lipinski definition) is 4. The first-order chi connectivity index (χ1) is 9.56. The zero-order valence-electron chi connectivity index (χ0n) is 10.4. The largest absolute Gasteiger partial charge is 0.508 e. The van der Waals surface area contributed by atoms with Gasteiger partial charge in [-0.15, -0.1) is 0 Å². The van der Waals surface area contributed by atoms with Gasteiger partial charge in [0.2, 0.25) is 0 Å². The molecule has 0 fully saturated rings. The first-order valence-corrected chi connectivity index (χ1v) is 6.89. The molecular weight excluding hydrogens is 371 g/mol. The second kappa shape index (κ2) is 6.51. The van der Waals surface area contributed by atoms with Gasteiger partial charge in [-0.3, -0.25) is 4.79 Å². The third kappa shape index (κ3) is 3.80. The lowest BCUT2D eigenvalue weighted by atomic mass is 10.1. The number of Topliss-reactive ketones (excluding diaryl/α,β-unsaturated/α-hetero) is 1. The highest BCUT2D eigenvalue weighted by molar-refractivity contribution is 14.1. The van der Waals surface area contributed by atoms with Gasteiger partial charge in [0.05, 0.1) is 5.56 Å². The van der Waals surface area contributed by atoms with Crippen molar-refractivity contribution in [2.75, 3.05) is 6.61 Å². The Morgan fingerprint density at radius 1 is 1.05 bits per heavy atom. The summed E-state index contributed by atoms with van der Waals surface area (Å²) in [6, 6.07) is 12.8. The fourth-order valence-corrected chi connectivity index (χ4v) is 1.93. The van der Waals surface area contributed by atoms with Crippen molar-refractivity contribution in [3.05, 3.63) is 63.2 Å². The molecule has 0 amide bonds. The molecule has 0 aromatic heterocycles. The third-order valence-corrected chi connectivity index (χ3v) is 3.30. The number of carbonyl (C=O) groups is 2. The molecule has 0 bridgehead atoms. The first-order valence-electron chi connectivity index (χ1n) is 5.81. The minimum atomic E-state index is -0.639. The molecule has 1 N–H and O–H groups in total. The standard InChI is InChI=1S/C15H11IO4/c16-12-6-4-10(5-7-12)14(18)9-20-15(19)11-2-1-3-13(17)8-11/h1-8,17H,9H2. The summed E-state index contributed by atoms with van der Waals surface area (Å²) in [7, 11) is 0. The van der Waals surface area contributed by atoms with Crippen molar-refractivity contribution in [2.45, 2.75) is 0 Å². The Morgan fingerprint density at radius 3 is 2.40 bits per heavy atom. The second-order valence-corrected chi connectivity index (χ2v) is 5.30. The lowest BCUT2D eigenvalue weighted by Crippen LogP contribution is -2.14. The van der Waals surface area contributed by atoms with Crippen LogP contribution in [0.15, 0.2) is 48.5 Å². The van der Waals surface area contributed by atoms with Gasteiger partial charge in [-0.1, -0.05) is 18.2 Å². The molecule has 0 heterocycles. The van der Waals surface area contributed by atoms with Crippen LogP contribution in [0, 0.1) is 3.57 Å². The number of esters is 1. The summed E-state index contributed by atoms with van der Waals surface area (Å²) in [6.45, 7) is -0.324. The van der Waals surface area contributed by atoms with Gasteiger partial charge in [0.25, 0.3) is 0 Å². The minimum Gasteiger partial charge on any atom is -0.508 e. The predicted octanol–water partition coefficient (Wildman–Crippen LogP) is 3.04. The molecule has 0 spiro atoms. The zero-order chi connectivity index (χ0) is 14.5. The van der Waals surface area contributed by atoms with Crippen molar-refractivity contribution in [3.63, 3.8) is 0 Å². The van der Waals surface area contributed by atoms with Gasteiger partial charge in [-0.2, -0.15) is 0 Å². The van der Waals surface area contributed by atoms with Crippen LogP contribution in [0.1, 0.15) is 20.7 Å². The first kappa shape index (κ1) is 14.5. The van der Waals surface area contributed by atoms with E-state index in [0.29, 0.717) is 5.56 Å². The second-order valence-electron chi connectivity index (χ2n) is 4.06. The number of hydrogen-bond donors (Lipinski definition) is 1. The SMILES string of the molecule is O=C(COC(=O)c1cccc(O)c1)c1ccc(I)cc1. The molecule has 0 aliphatic rings. The summed E-state index contributed by atoms with van der Waals surface area (Å²) in [5.41, 5.74) is 0.703. The molecule has 102 valence electrons. The number of ether oxygens (including phenoxy) is 1. The smallest absolute Gasteiger partial charge is 0.338 e. The molecule has 20 heavy (non-hydrogen) atoms. The molecule has 0 radical (unpaired) electrons.